The molecule has 1 N–H and O–H groups in total. The predicted molar refractivity (Wildman–Crippen MR) is 153 cm³/mol. The lowest BCUT2D eigenvalue weighted by atomic mass is 9.79. The van der Waals surface area contributed by atoms with Gasteiger partial charge in [0.15, 0.2) is 0 Å². The molecular weight excluding hydrogens is 477 g/mol. The normalized spacial score (nSPS) is 20.6. The van der Waals surface area contributed by atoms with E-state index in [9.17, 15) is 5.11 Å². The molecule has 3 aromatic rings. The number of aliphatic hydroxyl groups is 1. The molecule has 9 heteroatoms. The van der Waals surface area contributed by atoms with Crippen LogP contribution in [0.5, 0.6) is 0 Å². The SMILES string of the molecule is CC[C@@H]([C@H](C)O)n1cc(-c2ccc(N3CCN(c4ccc(B5OC(C)(C)C(C)(C)O5)cc4)CC3)cc2)nn1. The van der Waals surface area contributed by atoms with E-state index in [2.05, 4.69) is 96.3 Å². The summed E-state index contributed by atoms with van der Waals surface area (Å²) in [4.78, 5) is 4.86. The molecule has 0 radical (unpaired) electrons. The molecule has 2 aliphatic heterocycles. The van der Waals surface area contributed by atoms with Crippen LogP contribution in [0.3, 0.4) is 0 Å². The second-order valence-corrected chi connectivity index (χ2v) is 11.5. The van der Waals surface area contributed by atoms with Gasteiger partial charge in [-0.1, -0.05) is 36.4 Å². The zero-order valence-corrected chi connectivity index (χ0v) is 23.5. The lowest BCUT2D eigenvalue weighted by Crippen LogP contribution is -2.46. The topological polar surface area (TPSA) is 75.9 Å². The number of hydrogen-bond acceptors (Lipinski definition) is 7. The summed E-state index contributed by atoms with van der Waals surface area (Å²) in [6, 6.07) is 17.1. The number of piperazine rings is 1. The van der Waals surface area contributed by atoms with Crippen molar-refractivity contribution in [3.63, 3.8) is 0 Å². The minimum atomic E-state index is -0.469. The first-order valence-electron chi connectivity index (χ1n) is 13.7. The van der Waals surface area contributed by atoms with Crippen LogP contribution in [-0.2, 0) is 9.31 Å². The Bertz CT molecular complexity index is 1200. The second-order valence-electron chi connectivity index (χ2n) is 11.5. The monoisotopic (exact) mass is 517 g/mol. The molecule has 0 aliphatic carbocycles. The van der Waals surface area contributed by atoms with Crippen molar-refractivity contribution in [3.8, 4) is 11.3 Å². The highest BCUT2D eigenvalue weighted by Crippen LogP contribution is 2.36. The molecule has 0 bridgehead atoms. The van der Waals surface area contributed by atoms with E-state index in [4.69, 9.17) is 9.31 Å². The molecule has 0 amide bonds. The van der Waals surface area contributed by atoms with Gasteiger partial charge in [0.1, 0.15) is 5.69 Å². The van der Waals surface area contributed by atoms with Gasteiger partial charge in [0, 0.05) is 43.1 Å². The summed E-state index contributed by atoms with van der Waals surface area (Å²) in [5.41, 5.74) is 4.69. The highest BCUT2D eigenvalue weighted by Gasteiger charge is 2.51. The largest absolute Gasteiger partial charge is 0.494 e. The van der Waals surface area contributed by atoms with Gasteiger partial charge in [-0.15, -0.1) is 5.10 Å². The van der Waals surface area contributed by atoms with Crippen molar-refractivity contribution >= 4 is 24.0 Å². The predicted octanol–water partition coefficient (Wildman–Crippen LogP) is 3.90. The van der Waals surface area contributed by atoms with Crippen molar-refractivity contribution in [1.29, 1.82) is 0 Å². The third-order valence-corrected chi connectivity index (χ3v) is 8.42. The van der Waals surface area contributed by atoms with E-state index in [-0.39, 0.29) is 24.4 Å². The van der Waals surface area contributed by atoms with Crippen LogP contribution < -0.4 is 15.3 Å². The van der Waals surface area contributed by atoms with Crippen molar-refractivity contribution in [2.45, 2.75) is 71.3 Å². The summed E-state index contributed by atoms with van der Waals surface area (Å²) in [5, 5.41) is 18.6. The van der Waals surface area contributed by atoms with Crippen LogP contribution in [0.25, 0.3) is 11.3 Å². The molecule has 2 aromatic carbocycles. The van der Waals surface area contributed by atoms with E-state index in [0.717, 1.165) is 49.3 Å². The van der Waals surface area contributed by atoms with Gasteiger partial charge in [0.25, 0.3) is 0 Å². The molecule has 2 saturated heterocycles. The highest BCUT2D eigenvalue weighted by atomic mass is 16.7. The fraction of sp³-hybridized carbons (Fsp3) is 0.517. The summed E-state index contributed by atoms with van der Waals surface area (Å²) < 4.78 is 14.2. The lowest BCUT2D eigenvalue weighted by molar-refractivity contribution is 0.00578. The molecule has 0 spiro atoms. The number of anilines is 2. The zero-order valence-electron chi connectivity index (χ0n) is 23.5. The first kappa shape index (κ1) is 26.7. The summed E-state index contributed by atoms with van der Waals surface area (Å²) in [7, 11) is -0.329. The van der Waals surface area contributed by atoms with Crippen molar-refractivity contribution in [2.24, 2.45) is 0 Å². The first-order valence-corrected chi connectivity index (χ1v) is 13.7. The Labute approximate surface area is 226 Å². The smallest absolute Gasteiger partial charge is 0.399 e. The van der Waals surface area contributed by atoms with Gasteiger partial charge in [0.2, 0.25) is 0 Å². The molecule has 5 rings (SSSR count). The summed E-state index contributed by atoms with van der Waals surface area (Å²) in [5.74, 6) is 0. The second kappa shape index (κ2) is 10.4. The zero-order chi connectivity index (χ0) is 27.1. The van der Waals surface area contributed by atoms with Gasteiger partial charge in [-0.3, -0.25) is 0 Å². The van der Waals surface area contributed by atoms with E-state index in [1.165, 1.54) is 11.4 Å². The Morgan fingerprint density at radius 3 is 1.84 bits per heavy atom. The molecule has 8 nitrogen and oxygen atoms in total. The summed E-state index contributed by atoms with van der Waals surface area (Å²) in [6.45, 7) is 16.0. The van der Waals surface area contributed by atoms with Crippen LogP contribution in [0.15, 0.2) is 54.7 Å². The summed E-state index contributed by atoms with van der Waals surface area (Å²) >= 11 is 0. The fourth-order valence-corrected chi connectivity index (χ4v) is 5.21. The van der Waals surface area contributed by atoms with Crippen molar-refractivity contribution < 1.29 is 14.4 Å². The number of rotatable bonds is 7. The van der Waals surface area contributed by atoms with Crippen LogP contribution in [0.2, 0.25) is 0 Å². The molecule has 1 aromatic heterocycles. The molecule has 0 saturated carbocycles. The molecule has 0 unspecified atom stereocenters. The average Bonchev–Trinajstić information content (AvgIpc) is 3.46. The van der Waals surface area contributed by atoms with Crippen LogP contribution in [0, 0.1) is 0 Å². The van der Waals surface area contributed by atoms with Crippen LogP contribution >= 0.6 is 0 Å². The van der Waals surface area contributed by atoms with E-state index < -0.39 is 6.10 Å². The third-order valence-electron chi connectivity index (χ3n) is 8.42. The number of aliphatic hydroxyl groups excluding tert-OH is 1. The van der Waals surface area contributed by atoms with E-state index in [1.807, 2.05) is 13.1 Å². The Kier molecular flexibility index (Phi) is 7.28. The maximum atomic E-state index is 10.0. The standard InChI is InChI=1S/C29H40BN5O3/c1-7-27(21(2)36)35-20-26(31-32-35)22-8-12-24(13-9-22)33-16-18-34(19-17-33)25-14-10-23(11-15-25)30-37-28(3,4)29(5,6)38-30/h8-15,20-21,27,36H,7,16-19H2,1-6H3/t21-,27-/m0/s1. The minimum absolute atomic E-state index is 0.0632. The lowest BCUT2D eigenvalue weighted by Gasteiger charge is -2.37. The van der Waals surface area contributed by atoms with Crippen molar-refractivity contribution in [1.82, 2.24) is 15.0 Å². The van der Waals surface area contributed by atoms with Gasteiger partial charge in [-0.25, -0.2) is 4.68 Å². The molecule has 2 aliphatic rings. The average molecular weight is 517 g/mol. The highest BCUT2D eigenvalue weighted by molar-refractivity contribution is 6.62. The number of nitrogens with zero attached hydrogens (tertiary/aromatic N) is 5. The van der Waals surface area contributed by atoms with Crippen LogP contribution in [0.4, 0.5) is 11.4 Å². The third kappa shape index (κ3) is 5.19. The molecule has 38 heavy (non-hydrogen) atoms. The van der Waals surface area contributed by atoms with Gasteiger partial charge in [-0.05, 0) is 70.8 Å². The van der Waals surface area contributed by atoms with E-state index in [1.54, 1.807) is 11.6 Å². The van der Waals surface area contributed by atoms with Gasteiger partial charge in [-0.2, -0.15) is 0 Å². The van der Waals surface area contributed by atoms with Gasteiger partial charge >= 0.3 is 7.12 Å². The van der Waals surface area contributed by atoms with Crippen molar-refractivity contribution in [2.75, 3.05) is 36.0 Å². The summed E-state index contributed by atoms with van der Waals surface area (Å²) in [6.07, 6.45) is 2.26. The number of benzene rings is 2. The Hall–Kier alpha value is -2.88. The Balaban J connectivity index is 1.17. The quantitative estimate of drug-likeness (QED) is 0.477. The number of hydrogen-bond donors (Lipinski definition) is 1. The molecule has 202 valence electrons. The number of aromatic nitrogens is 3. The maximum Gasteiger partial charge on any atom is 0.494 e. The molecule has 2 fully saturated rings. The maximum absolute atomic E-state index is 10.0. The molecular formula is C29H40BN5O3. The Morgan fingerprint density at radius 1 is 0.868 bits per heavy atom. The minimum Gasteiger partial charge on any atom is -0.399 e. The van der Waals surface area contributed by atoms with Crippen LogP contribution in [0.1, 0.15) is 54.0 Å². The molecule has 2 atom stereocenters. The first-order chi connectivity index (χ1) is 18.1. The van der Waals surface area contributed by atoms with Crippen molar-refractivity contribution in [3.05, 3.63) is 54.7 Å². The van der Waals surface area contributed by atoms with E-state index >= 15 is 0 Å². The Morgan fingerprint density at radius 2 is 1.37 bits per heavy atom. The van der Waals surface area contributed by atoms with E-state index in [0.29, 0.717) is 0 Å². The van der Waals surface area contributed by atoms with Gasteiger partial charge < -0.3 is 24.2 Å². The fourth-order valence-electron chi connectivity index (χ4n) is 5.21. The van der Waals surface area contributed by atoms with Gasteiger partial charge in [0.05, 0.1) is 29.5 Å². The van der Waals surface area contributed by atoms with Crippen LogP contribution in [-0.4, -0.2) is 70.7 Å². The molecule has 3 heterocycles.